The van der Waals surface area contributed by atoms with E-state index in [0.29, 0.717) is 22.5 Å². The number of alkyl halides is 1. The summed E-state index contributed by atoms with van der Waals surface area (Å²) in [6.07, 6.45) is 0. The minimum atomic E-state index is 0.513. The Labute approximate surface area is 129 Å². The smallest absolute Gasteiger partial charge is 0.233 e. The van der Waals surface area contributed by atoms with Crippen molar-refractivity contribution in [2.45, 2.75) is 6.92 Å². The SMILES string of the molecule is Cc1cc(OCCI)nn1-c1ccc(Cl)c(Cl)c1. The predicted octanol–water partition coefficient (Wildman–Crippen LogP) is 4.30. The Morgan fingerprint density at radius 3 is 2.72 bits per heavy atom. The highest BCUT2D eigenvalue weighted by Crippen LogP contribution is 2.25. The summed E-state index contributed by atoms with van der Waals surface area (Å²) in [4.78, 5) is 0. The zero-order valence-electron chi connectivity index (χ0n) is 9.66. The molecule has 0 aliphatic carbocycles. The number of hydrogen-bond acceptors (Lipinski definition) is 2. The van der Waals surface area contributed by atoms with E-state index in [9.17, 15) is 0 Å². The van der Waals surface area contributed by atoms with Gasteiger partial charge in [0.2, 0.25) is 5.88 Å². The predicted molar refractivity (Wildman–Crippen MR) is 82.7 cm³/mol. The summed E-state index contributed by atoms with van der Waals surface area (Å²) in [5.41, 5.74) is 1.85. The topological polar surface area (TPSA) is 27.1 Å². The van der Waals surface area contributed by atoms with Crippen LogP contribution in [-0.2, 0) is 0 Å². The molecule has 2 rings (SSSR count). The Balaban J connectivity index is 2.32. The molecule has 0 atom stereocenters. The van der Waals surface area contributed by atoms with Crippen LogP contribution >= 0.6 is 45.8 Å². The maximum atomic E-state index is 6.00. The quantitative estimate of drug-likeness (QED) is 0.569. The van der Waals surface area contributed by atoms with E-state index in [2.05, 4.69) is 27.7 Å². The fraction of sp³-hybridized carbons (Fsp3) is 0.250. The summed E-state index contributed by atoms with van der Waals surface area (Å²) in [6.45, 7) is 2.62. The fourth-order valence-corrected chi connectivity index (χ4v) is 2.05. The Bertz CT molecular complexity index is 557. The Morgan fingerprint density at radius 2 is 2.06 bits per heavy atom. The lowest BCUT2D eigenvalue weighted by Crippen LogP contribution is -2.01. The number of aromatic nitrogens is 2. The van der Waals surface area contributed by atoms with Crippen LogP contribution in [0, 0.1) is 6.92 Å². The molecule has 1 aromatic carbocycles. The van der Waals surface area contributed by atoms with Gasteiger partial charge in [-0.1, -0.05) is 45.8 Å². The fourth-order valence-electron chi connectivity index (χ4n) is 1.54. The van der Waals surface area contributed by atoms with Gasteiger partial charge in [0.05, 0.1) is 22.3 Å². The van der Waals surface area contributed by atoms with Crippen molar-refractivity contribution in [3.63, 3.8) is 0 Å². The largest absolute Gasteiger partial charge is 0.476 e. The lowest BCUT2D eigenvalue weighted by Gasteiger charge is -2.05. The van der Waals surface area contributed by atoms with Crippen LogP contribution in [0.25, 0.3) is 5.69 Å². The molecule has 1 aromatic heterocycles. The standard InChI is InChI=1S/C12H11Cl2IN2O/c1-8-6-12(18-5-4-15)16-17(8)9-2-3-10(13)11(14)7-9/h2-3,6-7H,4-5H2,1H3. The zero-order valence-corrected chi connectivity index (χ0v) is 13.3. The Morgan fingerprint density at radius 1 is 1.28 bits per heavy atom. The second kappa shape index (κ2) is 6.12. The zero-order chi connectivity index (χ0) is 13.1. The van der Waals surface area contributed by atoms with E-state index in [1.165, 1.54) is 0 Å². The van der Waals surface area contributed by atoms with Gasteiger partial charge in [0.1, 0.15) is 0 Å². The number of benzene rings is 1. The van der Waals surface area contributed by atoms with Crippen LogP contribution in [-0.4, -0.2) is 20.8 Å². The molecule has 0 saturated carbocycles. The molecule has 18 heavy (non-hydrogen) atoms. The molecule has 0 bridgehead atoms. The molecular weight excluding hydrogens is 386 g/mol. The number of ether oxygens (including phenoxy) is 1. The first-order valence-electron chi connectivity index (χ1n) is 5.32. The first-order chi connectivity index (χ1) is 8.61. The van der Waals surface area contributed by atoms with Crippen molar-refractivity contribution >= 4 is 45.8 Å². The van der Waals surface area contributed by atoms with Gasteiger partial charge in [0.15, 0.2) is 0 Å². The molecule has 0 unspecified atom stereocenters. The Kier molecular flexibility index (Phi) is 4.75. The van der Waals surface area contributed by atoms with Gasteiger partial charge in [-0.15, -0.1) is 5.10 Å². The van der Waals surface area contributed by atoms with Crippen LogP contribution < -0.4 is 4.74 Å². The van der Waals surface area contributed by atoms with Crippen molar-refractivity contribution in [1.82, 2.24) is 9.78 Å². The third-order valence-corrected chi connectivity index (χ3v) is 3.52. The Hall–Kier alpha value is -0.460. The molecule has 1 heterocycles. The second-order valence-corrected chi connectivity index (χ2v) is 5.56. The van der Waals surface area contributed by atoms with Gasteiger partial charge >= 0.3 is 0 Å². The summed E-state index contributed by atoms with van der Waals surface area (Å²) >= 11 is 14.2. The molecule has 0 aliphatic rings. The monoisotopic (exact) mass is 396 g/mol. The van der Waals surface area contributed by atoms with Crippen LogP contribution in [0.1, 0.15) is 5.69 Å². The first kappa shape index (κ1) is 14.0. The van der Waals surface area contributed by atoms with E-state index in [-0.39, 0.29) is 0 Å². The summed E-state index contributed by atoms with van der Waals surface area (Å²) in [6, 6.07) is 7.31. The summed E-state index contributed by atoms with van der Waals surface area (Å²) < 4.78 is 8.20. The molecule has 2 aromatic rings. The molecule has 96 valence electrons. The number of rotatable bonds is 4. The van der Waals surface area contributed by atoms with Crippen LogP contribution in [0.5, 0.6) is 5.88 Å². The number of hydrogen-bond donors (Lipinski definition) is 0. The minimum absolute atomic E-state index is 0.513. The van der Waals surface area contributed by atoms with Crippen molar-refractivity contribution in [2.24, 2.45) is 0 Å². The maximum absolute atomic E-state index is 6.00. The highest BCUT2D eigenvalue weighted by atomic mass is 127. The second-order valence-electron chi connectivity index (χ2n) is 3.67. The number of aryl methyl sites for hydroxylation is 1. The molecule has 0 fully saturated rings. The van der Waals surface area contributed by atoms with Crippen LogP contribution in [0.4, 0.5) is 0 Å². The van der Waals surface area contributed by atoms with E-state index in [4.69, 9.17) is 27.9 Å². The highest BCUT2D eigenvalue weighted by Gasteiger charge is 2.08. The summed E-state index contributed by atoms with van der Waals surface area (Å²) in [7, 11) is 0. The molecule has 6 heteroatoms. The number of nitrogens with zero attached hydrogens (tertiary/aromatic N) is 2. The van der Waals surface area contributed by atoms with Crippen LogP contribution in [0.2, 0.25) is 10.0 Å². The molecule has 0 N–H and O–H groups in total. The van der Waals surface area contributed by atoms with Gasteiger partial charge in [-0.2, -0.15) is 0 Å². The van der Waals surface area contributed by atoms with Gasteiger partial charge in [0.25, 0.3) is 0 Å². The lowest BCUT2D eigenvalue weighted by atomic mass is 10.3. The van der Waals surface area contributed by atoms with E-state index in [0.717, 1.165) is 15.8 Å². The first-order valence-corrected chi connectivity index (χ1v) is 7.61. The van der Waals surface area contributed by atoms with Crippen molar-refractivity contribution < 1.29 is 4.74 Å². The number of halogens is 3. The lowest BCUT2D eigenvalue weighted by molar-refractivity contribution is 0.330. The highest BCUT2D eigenvalue weighted by molar-refractivity contribution is 14.1. The van der Waals surface area contributed by atoms with E-state index >= 15 is 0 Å². The third-order valence-electron chi connectivity index (χ3n) is 2.34. The van der Waals surface area contributed by atoms with E-state index in [1.54, 1.807) is 16.8 Å². The van der Waals surface area contributed by atoms with Crippen molar-refractivity contribution in [3.8, 4) is 11.6 Å². The van der Waals surface area contributed by atoms with Gasteiger partial charge in [-0.25, -0.2) is 4.68 Å². The molecule has 0 spiro atoms. The average Bonchev–Trinajstić information content (AvgIpc) is 2.71. The van der Waals surface area contributed by atoms with Crippen molar-refractivity contribution in [2.75, 3.05) is 11.0 Å². The summed E-state index contributed by atoms with van der Waals surface area (Å²) in [5.74, 6) is 0.621. The molecule has 0 radical (unpaired) electrons. The normalized spacial score (nSPS) is 10.7. The van der Waals surface area contributed by atoms with E-state index in [1.807, 2.05) is 19.1 Å². The van der Waals surface area contributed by atoms with Crippen LogP contribution in [0.15, 0.2) is 24.3 Å². The average molecular weight is 397 g/mol. The molecule has 0 amide bonds. The molecular formula is C12H11Cl2IN2O. The minimum Gasteiger partial charge on any atom is -0.476 e. The van der Waals surface area contributed by atoms with E-state index < -0.39 is 0 Å². The maximum Gasteiger partial charge on any atom is 0.233 e. The molecule has 0 aliphatic heterocycles. The summed E-state index contributed by atoms with van der Waals surface area (Å²) in [5, 5.41) is 5.42. The van der Waals surface area contributed by atoms with Crippen molar-refractivity contribution in [3.05, 3.63) is 40.0 Å². The molecule has 0 saturated heterocycles. The van der Waals surface area contributed by atoms with Gasteiger partial charge in [-0.3, -0.25) is 0 Å². The molecule has 3 nitrogen and oxygen atoms in total. The van der Waals surface area contributed by atoms with Gasteiger partial charge in [-0.05, 0) is 25.1 Å². The van der Waals surface area contributed by atoms with Crippen molar-refractivity contribution in [1.29, 1.82) is 0 Å². The third kappa shape index (κ3) is 3.10. The van der Waals surface area contributed by atoms with Crippen LogP contribution in [0.3, 0.4) is 0 Å². The van der Waals surface area contributed by atoms with Gasteiger partial charge in [0, 0.05) is 16.2 Å². The van der Waals surface area contributed by atoms with Gasteiger partial charge < -0.3 is 4.74 Å².